The first-order chi connectivity index (χ1) is 19.7. The van der Waals surface area contributed by atoms with Gasteiger partial charge < -0.3 is 0 Å². The summed E-state index contributed by atoms with van der Waals surface area (Å²) in [6.07, 6.45) is 14.6. The molecule has 2 aliphatic rings. The van der Waals surface area contributed by atoms with E-state index in [1.54, 1.807) is 48.6 Å². The number of hydrogen-bond donors (Lipinski definition) is 2. The summed E-state index contributed by atoms with van der Waals surface area (Å²) in [5.41, 5.74) is -0.559. The summed E-state index contributed by atoms with van der Waals surface area (Å²) in [5.74, 6) is -5.10. The van der Waals surface area contributed by atoms with Crippen molar-refractivity contribution in [3.05, 3.63) is 117 Å². The Kier molecular flexibility index (Phi) is 9.79. The van der Waals surface area contributed by atoms with Crippen molar-refractivity contribution in [2.45, 2.75) is 38.5 Å². The Hall–Kier alpha value is -3.75. The Bertz CT molecular complexity index is 1410. The van der Waals surface area contributed by atoms with E-state index in [0.29, 0.717) is 20.6 Å². The van der Waals surface area contributed by atoms with E-state index in [0.717, 1.165) is 24.3 Å². The quantitative estimate of drug-likeness (QED) is 0.160. The number of rotatable bonds is 12. The van der Waals surface area contributed by atoms with Crippen LogP contribution in [0.25, 0.3) is 0 Å². The van der Waals surface area contributed by atoms with E-state index in [1.807, 2.05) is 0 Å². The third-order valence-corrected chi connectivity index (χ3v) is 15.1. The van der Waals surface area contributed by atoms with Crippen molar-refractivity contribution >= 4 is 30.9 Å². The molecule has 2 aromatic carbocycles. The Balaban J connectivity index is 2.01. The average Bonchev–Trinajstić information content (AvgIpc) is 3.69. The summed E-state index contributed by atoms with van der Waals surface area (Å²) in [5, 5.41) is 4.96. The molecule has 0 atom stereocenters. The molecule has 0 aliphatic heterocycles. The fourth-order valence-corrected chi connectivity index (χ4v) is 13.6. The van der Waals surface area contributed by atoms with E-state index < -0.39 is 59.4 Å². The summed E-state index contributed by atoms with van der Waals surface area (Å²) < 4.78 is 65.4. The third kappa shape index (κ3) is 5.99. The summed E-state index contributed by atoms with van der Waals surface area (Å²) in [4.78, 5) is 24.9. The standard InChI is InChI=1S/2C11H10F2NO.2C5H5.Ti/c2*1-2-3-4-11(15)14-10-6-5-8(12)7-9(10)13;2*1-2-4-5-3-1;/h2*2,5-6H,1,3-4H2,(H,14,15);2*1-3H,4H2;. The maximum atomic E-state index is 16.6. The van der Waals surface area contributed by atoms with Gasteiger partial charge in [0.05, 0.1) is 0 Å². The van der Waals surface area contributed by atoms with Gasteiger partial charge in [-0.05, 0) is 0 Å². The van der Waals surface area contributed by atoms with E-state index in [1.165, 1.54) is 0 Å². The number of hydrogen-bond acceptors (Lipinski definition) is 2. The van der Waals surface area contributed by atoms with Crippen LogP contribution in [0.2, 0.25) is 0 Å². The summed E-state index contributed by atoms with van der Waals surface area (Å²) in [6, 6.07) is 4.26. The topological polar surface area (TPSA) is 58.2 Å². The Morgan fingerprint density at radius 3 is 1.49 bits per heavy atom. The molecule has 212 valence electrons. The van der Waals surface area contributed by atoms with Crippen LogP contribution in [0.5, 0.6) is 0 Å². The predicted octanol–water partition coefficient (Wildman–Crippen LogP) is 6.84. The van der Waals surface area contributed by atoms with Crippen molar-refractivity contribution in [3.8, 4) is 0 Å². The molecule has 0 radical (unpaired) electrons. The van der Waals surface area contributed by atoms with Crippen molar-refractivity contribution < 1.29 is 43.7 Å². The Morgan fingerprint density at radius 1 is 0.732 bits per heavy atom. The van der Waals surface area contributed by atoms with Gasteiger partial charge in [-0.2, -0.15) is 0 Å². The number of anilines is 2. The zero-order valence-corrected chi connectivity index (χ0v) is 24.0. The van der Waals surface area contributed by atoms with E-state index in [4.69, 9.17) is 0 Å². The molecule has 41 heavy (non-hydrogen) atoms. The maximum absolute atomic E-state index is 16.6. The first kappa shape index (κ1) is 30.2. The van der Waals surface area contributed by atoms with Gasteiger partial charge in [-0.1, -0.05) is 0 Å². The molecular weight excluding hydrogens is 568 g/mol. The van der Waals surface area contributed by atoms with Gasteiger partial charge in [0.25, 0.3) is 0 Å². The van der Waals surface area contributed by atoms with Gasteiger partial charge in [0.15, 0.2) is 0 Å². The van der Waals surface area contributed by atoms with Gasteiger partial charge in [0.2, 0.25) is 0 Å². The third-order valence-electron chi connectivity index (χ3n) is 7.14. The molecule has 2 aromatic rings. The Morgan fingerprint density at radius 2 is 1.15 bits per heavy atom. The minimum atomic E-state index is -5.09. The van der Waals surface area contributed by atoms with Crippen LogP contribution in [0.15, 0.2) is 93.8 Å². The van der Waals surface area contributed by atoms with Gasteiger partial charge in [0, 0.05) is 0 Å². The summed E-state index contributed by atoms with van der Waals surface area (Å²) in [7, 11) is 0. The van der Waals surface area contributed by atoms with E-state index in [-0.39, 0.29) is 37.1 Å². The number of amides is 2. The zero-order valence-electron chi connectivity index (χ0n) is 22.4. The second-order valence-electron chi connectivity index (χ2n) is 9.72. The molecule has 4 nitrogen and oxygen atoms in total. The zero-order chi connectivity index (χ0) is 29.6. The summed E-state index contributed by atoms with van der Waals surface area (Å²) in [6.45, 7) is 7.14. The van der Waals surface area contributed by atoms with Crippen molar-refractivity contribution in [2.24, 2.45) is 0 Å². The molecule has 0 fully saturated rings. The number of halogens is 4. The number of benzene rings is 2. The van der Waals surface area contributed by atoms with E-state index >= 15 is 17.6 Å². The fourth-order valence-electron chi connectivity index (χ4n) is 5.30. The first-order valence-corrected chi connectivity index (χ1v) is 16.4. The van der Waals surface area contributed by atoms with E-state index in [2.05, 4.69) is 23.8 Å². The molecule has 0 bridgehead atoms. The van der Waals surface area contributed by atoms with Gasteiger partial charge in [-0.15, -0.1) is 0 Å². The molecular formula is C32H30F4N2O2Ti. The van der Waals surface area contributed by atoms with Crippen molar-refractivity contribution in [1.82, 2.24) is 0 Å². The molecule has 0 unspecified atom stereocenters. The van der Waals surface area contributed by atoms with Gasteiger partial charge in [-0.3, -0.25) is 0 Å². The number of allylic oxidation sites excluding steroid dienone is 10. The number of carbonyl (C=O) groups excluding carboxylic acids is 2. The molecule has 0 heterocycles. The molecule has 9 heteroatoms. The van der Waals surface area contributed by atoms with Crippen LogP contribution in [0.1, 0.15) is 38.5 Å². The van der Waals surface area contributed by atoms with Crippen LogP contribution in [0, 0.1) is 23.3 Å². The first-order valence-electron chi connectivity index (χ1n) is 13.3. The second-order valence-corrected chi connectivity index (χ2v) is 15.6. The SMILES string of the molecule is C=CCCC(=O)Nc1ccc(F)[c]([Ti]([C]2=CC=CC2)([C]2=CC=CC2)[c]2c(F)ccc(NC(=O)CCC=C)c2F)c1F. The normalized spacial score (nSPS) is 14.0. The Labute approximate surface area is 240 Å². The van der Waals surface area contributed by atoms with Crippen LogP contribution in [0.4, 0.5) is 28.9 Å². The van der Waals surface area contributed by atoms with Crippen LogP contribution in [-0.4, -0.2) is 11.8 Å². The molecule has 4 rings (SSSR count). The number of nitrogens with one attached hydrogen (secondary N) is 2. The van der Waals surface area contributed by atoms with Crippen molar-refractivity contribution in [2.75, 3.05) is 10.6 Å². The predicted molar refractivity (Wildman–Crippen MR) is 152 cm³/mol. The van der Waals surface area contributed by atoms with Crippen LogP contribution in [0.3, 0.4) is 0 Å². The molecule has 0 spiro atoms. The monoisotopic (exact) mass is 598 g/mol. The van der Waals surface area contributed by atoms with E-state index in [9.17, 15) is 9.59 Å². The fraction of sp³-hybridized carbons (Fsp3) is 0.188. The minimum absolute atomic E-state index is 0.0310. The van der Waals surface area contributed by atoms with Gasteiger partial charge in [0.1, 0.15) is 0 Å². The molecule has 2 N–H and O–H groups in total. The van der Waals surface area contributed by atoms with Crippen LogP contribution >= 0.6 is 0 Å². The summed E-state index contributed by atoms with van der Waals surface area (Å²) >= 11 is -5.09. The molecule has 0 saturated carbocycles. The van der Waals surface area contributed by atoms with Crippen molar-refractivity contribution in [3.63, 3.8) is 0 Å². The van der Waals surface area contributed by atoms with Gasteiger partial charge in [-0.25, -0.2) is 0 Å². The second kappa shape index (κ2) is 13.3. The van der Waals surface area contributed by atoms with Crippen LogP contribution < -0.4 is 18.4 Å². The molecule has 2 aliphatic carbocycles. The molecule has 0 aromatic heterocycles. The molecule has 2 amide bonds. The molecule has 0 saturated heterocycles. The van der Waals surface area contributed by atoms with Crippen LogP contribution in [-0.2, 0) is 26.2 Å². The van der Waals surface area contributed by atoms with Gasteiger partial charge >= 0.3 is 241 Å². The number of carbonyl (C=O) groups is 2. The average molecular weight is 598 g/mol. The van der Waals surface area contributed by atoms with Crippen molar-refractivity contribution in [1.29, 1.82) is 0 Å².